The first-order valence-corrected chi connectivity index (χ1v) is 6.88. The molecule has 1 rings (SSSR count). The maximum absolute atomic E-state index is 2.37. The predicted molar refractivity (Wildman–Crippen MR) is 62.2 cm³/mol. The van der Waals surface area contributed by atoms with Gasteiger partial charge in [0.25, 0.3) is 0 Å². The van der Waals surface area contributed by atoms with Crippen LogP contribution in [0.3, 0.4) is 0 Å². The molecule has 0 saturated carbocycles. The monoisotopic (exact) mass is 204 g/mol. The molecule has 0 N–H and O–H groups in total. The van der Waals surface area contributed by atoms with E-state index < -0.39 is 0 Å². The lowest BCUT2D eigenvalue weighted by molar-refractivity contribution is 0.383. The first-order valence-electron chi connectivity index (χ1n) is 4.79. The zero-order valence-electron chi connectivity index (χ0n) is 8.59. The van der Waals surface area contributed by atoms with Gasteiger partial charge in [0.1, 0.15) is 0 Å². The summed E-state index contributed by atoms with van der Waals surface area (Å²) in [4.78, 5) is 0. The van der Waals surface area contributed by atoms with Gasteiger partial charge in [-0.25, -0.2) is 0 Å². The molecule has 1 aliphatic rings. The number of rotatable bonds is 1. The van der Waals surface area contributed by atoms with Crippen LogP contribution >= 0.6 is 23.5 Å². The second kappa shape index (κ2) is 4.28. The van der Waals surface area contributed by atoms with Crippen molar-refractivity contribution < 1.29 is 0 Å². The molecule has 72 valence electrons. The highest BCUT2D eigenvalue weighted by Crippen LogP contribution is 2.42. The molecule has 0 aromatic carbocycles. The van der Waals surface area contributed by atoms with Crippen molar-refractivity contribution in [2.45, 2.75) is 44.6 Å². The van der Waals surface area contributed by atoms with Crippen LogP contribution < -0.4 is 0 Å². The Morgan fingerprint density at radius 2 is 1.75 bits per heavy atom. The van der Waals surface area contributed by atoms with E-state index in [1.54, 1.807) is 0 Å². The lowest BCUT2D eigenvalue weighted by Gasteiger charge is -2.39. The summed E-state index contributed by atoms with van der Waals surface area (Å²) in [6.07, 6.45) is 1.33. The second-order valence-electron chi connectivity index (χ2n) is 4.47. The SMILES string of the molecule is CCC1SCCSC1C(C)(C)C. The third kappa shape index (κ3) is 2.59. The quantitative estimate of drug-likeness (QED) is 0.639. The van der Waals surface area contributed by atoms with Crippen molar-refractivity contribution >= 4 is 23.5 Å². The van der Waals surface area contributed by atoms with Crippen molar-refractivity contribution in [3.05, 3.63) is 0 Å². The van der Waals surface area contributed by atoms with Crippen LogP contribution in [0.15, 0.2) is 0 Å². The molecule has 0 radical (unpaired) electrons. The molecule has 2 unspecified atom stereocenters. The van der Waals surface area contributed by atoms with Crippen molar-refractivity contribution in [1.29, 1.82) is 0 Å². The van der Waals surface area contributed by atoms with Crippen LogP contribution in [0.2, 0.25) is 0 Å². The lowest BCUT2D eigenvalue weighted by atomic mass is 9.89. The zero-order chi connectivity index (χ0) is 9.19. The number of hydrogen-bond donors (Lipinski definition) is 0. The van der Waals surface area contributed by atoms with E-state index in [-0.39, 0.29) is 0 Å². The summed E-state index contributed by atoms with van der Waals surface area (Å²) in [6.45, 7) is 9.44. The molecule has 0 nitrogen and oxygen atoms in total. The smallest absolute Gasteiger partial charge is 0.0215 e. The van der Waals surface area contributed by atoms with Crippen LogP contribution in [0.1, 0.15) is 34.1 Å². The Bertz CT molecular complexity index is 137. The average molecular weight is 204 g/mol. The van der Waals surface area contributed by atoms with Gasteiger partial charge in [-0.1, -0.05) is 27.7 Å². The van der Waals surface area contributed by atoms with Crippen molar-refractivity contribution in [1.82, 2.24) is 0 Å². The Morgan fingerprint density at radius 3 is 2.17 bits per heavy atom. The fraction of sp³-hybridized carbons (Fsp3) is 1.00. The van der Waals surface area contributed by atoms with E-state index in [9.17, 15) is 0 Å². The summed E-state index contributed by atoms with van der Waals surface area (Å²) < 4.78 is 0. The molecule has 2 atom stereocenters. The van der Waals surface area contributed by atoms with Gasteiger partial charge in [-0.3, -0.25) is 0 Å². The highest BCUT2D eigenvalue weighted by atomic mass is 32.2. The standard InChI is InChI=1S/C10H20S2/c1-5-8-9(10(2,3)4)12-7-6-11-8/h8-9H,5-7H2,1-4H3. The highest BCUT2D eigenvalue weighted by Gasteiger charge is 2.33. The Balaban J connectivity index is 2.59. The molecule has 0 amide bonds. The predicted octanol–water partition coefficient (Wildman–Crippen LogP) is 3.66. The second-order valence-corrected chi connectivity index (χ2v) is 7.07. The lowest BCUT2D eigenvalue weighted by Crippen LogP contribution is -2.36. The van der Waals surface area contributed by atoms with E-state index in [0.717, 1.165) is 10.5 Å². The molecule has 12 heavy (non-hydrogen) atoms. The van der Waals surface area contributed by atoms with Crippen LogP contribution in [-0.2, 0) is 0 Å². The molecule has 0 bridgehead atoms. The minimum atomic E-state index is 0.485. The van der Waals surface area contributed by atoms with E-state index in [2.05, 4.69) is 51.2 Å². The van der Waals surface area contributed by atoms with Gasteiger partial charge in [-0.05, 0) is 11.8 Å². The minimum Gasteiger partial charge on any atom is -0.157 e. The van der Waals surface area contributed by atoms with Gasteiger partial charge < -0.3 is 0 Å². The first-order chi connectivity index (χ1) is 5.55. The van der Waals surface area contributed by atoms with Gasteiger partial charge in [0.15, 0.2) is 0 Å². The molecule has 1 fully saturated rings. The topological polar surface area (TPSA) is 0 Å². The number of thioether (sulfide) groups is 2. The van der Waals surface area contributed by atoms with Crippen LogP contribution in [0, 0.1) is 5.41 Å². The molecule has 2 heteroatoms. The molecule has 0 spiro atoms. The zero-order valence-corrected chi connectivity index (χ0v) is 10.2. The molecule has 1 heterocycles. The third-order valence-corrected chi connectivity index (χ3v) is 6.05. The van der Waals surface area contributed by atoms with Gasteiger partial charge in [-0.15, -0.1) is 0 Å². The third-order valence-electron chi connectivity index (χ3n) is 2.31. The van der Waals surface area contributed by atoms with Crippen molar-refractivity contribution in [2.24, 2.45) is 5.41 Å². The molecule has 0 aromatic rings. The number of hydrogen-bond acceptors (Lipinski definition) is 2. The van der Waals surface area contributed by atoms with Crippen LogP contribution in [0.4, 0.5) is 0 Å². The van der Waals surface area contributed by atoms with Gasteiger partial charge in [0.2, 0.25) is 0 Å². The van der Waals surface area contributed by atoms with Crippen molar-refractivity contribution in [3.63, 3.8) is 0 Å². The van der Waals surface area contributed by atoms with Gasteiger partial charge in [0, 0.05) is 22.0 Å². The van der Waals surface area contributed by atoms with Gasteiger partial charge >= 0.3 is 0 Å². The van der Waals surface area contributed by atoms with E-state index >= 15 is 0 Å². The maximum Gasteiger partial charge on any atom is 0.0215 e. The van der Waals surface area contributed by atoms with Crippen LogP contribution in [0.25, 0.3) is 0 Å². The maximum atomic E-state index is 2.37. The molecule has 0 aliphatic carbocycles. The van der Waals surface area contributed by atoms with Crippen molar-refractivity contribution in [3.8, 4) is 0 Å². The normalized spacial score (nSPS) is 32.0. The summed E-state index contributed by atoms with van der Waals surface area (Å²) in [6, 6.07) is 0. The molecular formula is C10H20S2. The van der Waals surface area contributed by atoms with E-state index in [1.165, 1.54) is 17.9 Å². The van der Waals surface area contributed by atoms with Crippen LogP contribution in [-0.4, -0.2) is 22.0 Å². The fourth-order valence-corrected chi connectivity index (χ4v) is 5.23. The van der Waals surface area contributed by atoms with Gasteiger partial charge in [0.05, 0.1) is 0 Å². The Morgan fingerprint density at radius 1 is 1.17 bits per heavy atom. The summed E-state index contributed by atoms with van der Waals surface area (Å²) in [5.41, 5.74) is 0.485. The molecule has 1 saturated heterocycles. The molecule has 0 aromatic heterocycles. The Kier molecular flexibility index (Phi) is 3.84. The summed E-state index contributed by atoms with van der Waals surface area (Å²) in [5.74, 6) is 2.71. The summed E-state index contributed by atoms with van der Waals surface area (Å²) in [5, 5.41) is 1.75. The summed E-state index contributed by atoms with van der Waals surface area (Å²) >= 11 is 4.36. The first kappa shape index (κ1) is 10.8. The Labute approximate surface area is 85.3 Å². The minimum absolute atomic E-state index is 0.485. The van der Waals surface area contributed by atoms with Gasteiger partial charge in [-0.2, -0.15) is 23.5 Å². The van der Waals surface area contributed by atoms with Crippen molar-refractivity contribution in [2.75, 3.05) is 11.5 Å². The molecular weight excluding hydrogens is 184 g/mol. The molecule has 1 aliphatic heterocycles. The highest BCUT2D eigenvalue weighted by molar-refractivity contribution is 8.07. The summed E-state index contributed by atoms with van der Waals surface area (Å²) in [7, 11) is 0. The van der Waals surface area contributed by atoms with Crippen LogP contribution in [0.5, 0.6) is 0 Å². The largest absolute Gasteiger partial charge is 0.157 e. The average Bonchev–Trinajstić information content (AvgIpc) is 2.03. The fourth-order valence-electron chi connectivity index (χ4n) is 1.71. The van der Waals surface area contributed by atoms with E-state index in [0.29, 0.717) is 5.41 Å². The van der Waals surface area contributed by atoms with E-state index in [4.69, 9.17) is 0 Å². The Hall–Kier alpha value is 0.700. The van der Waals surface area contributed by atoms with E-state index in [1.807, 2.05) is 0 Å².